The maximum Gasteiger partial charge on any atom is 0.326 e. The van der Waals surface area contributed by atoms with Gasteiger partial charge in [0.05, 0.1) is 11.0 Å². The number of fused-ring (bicyclic) bond motifs is 1. The van der Waals surface area contributed by atoms with Gasteiger partial charge in [0, 0.05) is 25.1 Å². The zero-order chi connectivity index (χ0) is 20.2. The molecule has 1 aliphatic heterocycles. The van der Waals surface area contributed by atoms with E-state index < -0.39 is 0 Å². The highest BCUT2D eigenvalue weighted by atomic mass is 16.5. The number of ether oxygens (including phenoxy) is 1. The Bertz CT molecular complexity index is 1020. The number of aryl methyl sites for hydroxylation is 1. The van der Waals surface area contributed by atoms with E-state index >= 15 is 0 Å². The van der Waals surface area contributed by atoms with Crippen LogP contribution in [0.25, 0.3) is 11.0 Å². The molecule has 1 fully saturated rings. The van der Waals surface area contributed by atoms with Gasteiger partial charge in [-0.25, -0.2) is 4.98 Å². The first-order chi connectivity index (χ1) is 14.2. The monoisotopic (exact) mass is 391 g/mol. The number of amides is 1. The van der Waals surface area contributed by atoms with Gasteiger partial charge < -0.3 is 14.2 Å². The Morgan fingerprint density at radius 3 is 2.48 bits per heavy atom. The minimum absolute atomic E-state index is 0.0742. The predicted octanol–water partition coefficient (Wildman–Crippen LogP) is 3.58. The van der Waals surface area contributed by atoms with E-state index in [4.69, 9.17) is 4.74 Å². The summed E-state index contributed by atoms with van der Waals surface area (Å²) < 4.78 is 7.38. The largest absolute Gasteiger partial charge is 0.459 e. The number of hydrogen-bond acceptors (Lipinski definition) is 4. The van der Waals surface area contributed by atoms with Crippen LogP contribution < -0.4 is 0 Å². The summed E-state index contributed by atoms with van der Waals surface area (Å²) in [6.45, 7) is 4.01. The molecule has 2 aromatic carbocycles. The van der Waals surface area contributed by atoms with Gasteiger partial charge in [-0.1, -0.05) is 31.2 Å². The lowest BCUT2D eigenvalue weighted by atomic mass is 10.1. The lowest BCUT2D eigenvalue weighted by Gasteiger charge is -2.15. The number of imidazole rings is 1. The fraction of sp³-hybridized carbons (Fsp3) is 0.348. The first-order valence-electron chi connectivity index (χ1n) is 10.1. The molecule has 0 bridgehead atoms. The summed E-state index contributed by atoms with van der Waals surface area (Å²) >= 11 is 0. The lowest BCUT2D eigenvalue weighted by Crippen LogP contribution is -2.27. The second-order valence-corrected chi connectivity index (χ2v) is 7.31. The number of aromatic nitrogens is 2. The smallest absolute Gasteiger partial charge is 0.326 e. The van der Waals surface area contributed by atoms with Crippen molar-refractivity contribution >= 4 is 22.9 Å². The summed E-state index contributed by atoms with van der Waals surface area (Å²) in [5.41, 5.74) is 3.36. The number of esters is 1. The minimum atomic E-state index is -0.305. The number of benzene rings is 2. The second kappa shape index (κ2) is 8.47. The van der Waals surface area contributed by atoms with Crippen LogP contribution in [0, 0.1) is 0 Å². The Labute approximate surface area is 170 Å². The third-order valence-corrected chi connectivity index (χ3v) is 5.33. The van der Waals surface area contributed by atoms with E-state index in [1.807, 2.05) is 64.9 Å². The van der Waals surface area contributed by atoms with Crippen LogP contribution in [0.2, 0.25) is 0 Å². The molecule has 0 saturated carbocycles. The molecule has 2 heterocycles. The molecule has 0 unspecified atom stereocenters. The first-order valence-corrected chi connectivity index (χ1v) is 10.1. The molecule has 1 saturated heterocycles. The zero-order valence-electron chi connectivity index (χ0n) is 16.6. The Hall–Kier alpha value is -3.15. The highest BCUT2D eigenvalue weighted by Crippen LogP contribution is 2.17. The molecular formula is C23H25N3O3. The van der Waals surface area contributed by atoms with Gasteiger partial charge in [-0.2, -0.15) is 0 Å². The Morgan fingerprint density at radius 2 is 1.76 bits per heavy atom. The molecule has 150 valence electrons. The molecule has 0 atom stereocenters. The average molecular weight is 391 g/mol. The van der Waals surface area contributed by atoms with Crippen molar-refractivity contribution in [2.75, 3.05) is 13.1 Å². The fourth-order valence-corrected chi connectivity index (χ4v) is 3.76. The van der Waals surface area contributed by atoms with Crippen LogP contribution >= 0.6 is 0 Å². The van der Waals surface area contributed by atoms with E-state index in [-0.39, 0.29) is 25.0 Å². The van der Waals surface area contributed by atoms with Crippen molar-refractivity contribution in [2.45, 2.75) is 39.3 Å². The number of likely N-dealkylation sites (tertiary alicyclic amines) is 1. The van der Waals surface area contributed by atoms with Crippen LogP contribution in [0.15, 0.2) is 48.5 Å². The summed E-state index contributed by atoms with van der Waals surface area (Å²) in [5.74, 6) is 0.637. The number of carbonyl (C=O) groups is 2. The molecule has 1 amide bonds. The van der Waals surface area contributed by atoms with Gasteiger partial charge >= 0.3 is 5.97 Å². The van der Waals surface area contributed by atoms with Crippen LogP contribution in [-0.2, 0) is 29.1 Å². The molecule has 0 aliphatic carbocycles. The Balaban J connectivity index is 1.37. The van der Waals surface area contributed by atoms with Crippen molar-refractivity contribution in [3.8, 4) is 0 Å². The van der Waals surface area contributed by atoms with Gasteiger partial charge in [0.1, 0.15) is 19.0 Å². The summed E-state index contributed by atoms with van der Waals surface area (Å²) in [5, 5.41) is 0. The molecule has 0 spiro atoms. The van der Waals surface area contributed by atoms with Crippen LogP contribution in [0.4, 0.5) is 0 Å². The van der Waals surface area contributed by atoms with Crippen molar-refractivity contribution in [3.63, 3.8) is 0 Å². The molecule has 4 rings (SSSR count). The Morgan fingerprint density at radius 1 is 1.03 bits per heavy atom. The summed E-state index contributed by atoms with van der Waals surface area (Å²) in [6.07, 6.45) is 2.89. The third kappa shape index (κ3) is 4.16. The maximum atomic E-state index is 12.4. The molecule has 1 aromatic heterocycles. The molecular weight excluding hydrogens is 366 g/mol. The van der Waals surface area contributed by atoms with E-state index in [0.29, 0.717) is 5.56 Å². The summed E-state index contributed by atoms with van der Waals surface area (Å²) in [7, 11) is 0. The average Bonchev–Trinajstić information content (AvgIpc) is 3.41. The van der Waals surface area contributed by atoms with Crippen molar-refractivity contribution in [2.24, 2.45) is 0 Å². The second-order valence-electron chi connectivity index (χ2n) is 7.31. The van der Waals surface area contributed by atoms with Crippen LogP contribution in [0.3, 0.4) is 0 Å². The van der Waals surface area contributed by atoms with Crippen molar-refractivity contribution < 1.29 is 14.3 Å². The predicted molar refractivity (Wildman–Crippen MR) is 110 cm³/mol. The normalized spacial score (nSPS) is 13.8. The number of hydrogen-bond donors (Lipinski definition) is 0. The molecule has 6 heteroatoms. The fourth-order valence-electron chi connectivity index (χ4n) is 3.76. The van der Waals surface area contributed by atoms with E-state index in [1.165, 1.54) is 0 Å². The standard InChI is InChI=1S/C23H25N3O3/c1-2-21-24-19-7-3-4-8-20(19)26(21)15-22(27)29-16-17-9-11-18(12-10-17)23(28)25-13-5-6-14-25/h3-4,7-12H,2,5-6,13-16H2,1H3. The molecule has 0 radical (unpaired) electrons. The van der Waals surface area contributed by atoms with Gasteiger partial charge in [0.2, 0.25) is 0 Å². The molecule has 29 heavy (non-hydrogen) atoms. The highest BCUT2D eigenvalue weighted by Gasteiger charge is 2.19. The topological polar surface area (TPSA) is 64.4 Å². The van der Waals surface area contributed by atoms with Gasteiger partial charge in [0.15, 0.2) is 0 Å². The van der Waals surface area contributed by atoms with E-state index in [9.17, 15) is 9.59 Å². The van der Waals surface area contributed by atoms with E-state index in [2.05, 4.69) is 4.98 Å². The van der Waals surface area contributed by atoms with E-state index in [1.54, 1.807) is 0 Å². The van der Waals surface area contributed by atoms with Gasteiger partial charge in [-0.05, 0) is 42.7 Å². The van der Waals surface area contributed by atoms with Gasteiger partial charge in [0.25, 0.3) is 5.91 Å². The van der Waals surface area contributed by atoms with Crippen LogP contribution in [0.5, 0.6) is 0 Å². The minimum Gasteiger partial charge on any atom is -0.459 e. The van der Waals surface area contributed by atoms with Crippen molar-refractivity contribution in [1.82, 2.24) is 14.5 Å². The van der Waals surface area contributed by atoms with E-state index in [0.717, 1.165) is 54.8 Å². The first kappa shape index (κ1) is 19.2. The summed E-state index contributed by atoms with van der Waals surface area (Å²) in [4.78, 5) is 31.3. The van der Waals surface area contributed by atoms with Crippen LogP contribution in [0.1, 0.15) is 41.5 Å². The number of carbonyl (C=O) groups excluding carboxylic acids is 2. The quantitative estimate of drug-likeness (QED) is 0.603. The molecule has 1 aliphatic rings. The zero-order valence-corrected chi connectivity index (χ0v) is 16.6. The SMILES string of the molecule is CCc1nc2ccccc2n1CC(=O)OCc1ccc(C(=O)N2CCCC2)cc1. The van der Waals surface area contributed by atoms with Crippen molar-refractivity contribution in [1.29, 1.82) is 0 Å². The lowest BCUT2D eigenvalue weighted by molar-refractivity contribution is -0.145. The van der Waals surface area contributed by atoms with Gasteiger partial charge in [-0.15, -0.1) is 0 Å². The number of nitrogens with zero attached hydrogens (tertiary/aromatic N) is 3. The molecule has 3 aromatic rings. The maximum absolute atomic E-state index is 12.4. The van der Waals surface area contributed by atoms with Gasteiger partial charge in [-0.3, -0.25) is 9.59 Å². The number of para-hydroxylation sites is 2. The third-order valence-electron chi connectivity index (χ3n) is 5.33. The number of rotatable bonds is 6. The molecule has 6 nitrogen and oxygen atoms in total. The Kier molecular flexibility index (Phi) is 5.60. The van der Waals surface area contributed by atoms with Crippen LogP contribution in [-0.4, -0.2) is 39.4 Å². The highest BCUT2D eigenvalue weighted by molar-refractivity contribution is 5.94. The molecule has 0 N–H and O–H groups in total. The summed E-state index contributed by atoms with van der Waals surface area (Å²) in [6, 6.07) is 15.1. The van der Waals surface area contributed by atoms with Crippen molar-refractivity contribution in [3.05, 3.63) is 65.5 Å².